The molecule has 1 aliphatic heterocycles. The van der Waals surface area contributed by atoms with Gasteiger partial charge in [-0.3, -0.25) is 0 Å². The summed E-state index contributed by atoms with van der Waals surface area (Å²) >= 11 is 0. The first-order valence-electron chi connectivity index (χ1n) is 6.54. The molecule has 3 N–H and O–H groups in total. The summed E-state index contributed by atoms with van der Waals surface area (Å²) < 4.78 is 11.2. The van der Waals surface area contributed by atoms with Crippen molar-refractivity contribution in [2.75, 3.05) is 13.2 Å². The Labute approximate surface area is 108 Å². The highest BCUT2D eigenvalue weighted by atomic mass is 16.5. The number of hydrogen-bond acceptors (Lipinski definition) is 4. The topological polar surface area (TPSA) is 64.7 Å². The van der Waals surface area contributed by atoms with Crippen LogP contribution in [0.15, 0.2) is 18.2 Å². The lowest BCUT2D eigenvalue weighted by molar-refractivity contribution is 0.156. The van der Waals surface area contributed by atoms with Gasteiger partial charge in [-0.1, -0.05) is 13.0 Å². The molecule has 0 radical (unpaired) electrons. The van der Waals surface area contributed by atoms with Crippen LogP contribution in [-0.2, 0) is 0 Å². The fourth-order valence-electron chi connectivity index (χ4n) is 1.98. The SMILES string of the molecule is CCC(N)CC(O)c1ccc2c(c1)OCCCO2. The number of benzene rings is 1. The van der Waals surface area contributed by atoms with Crippen molar-refractivity contribution < 1.29 is 14.6 Å². The van der Waals surface area contributed by atoms with Gasteiger partial charge in [0.1, 0.15) is 0 Å². The number of fused-ring (bicyclic) bond motifs is 1. The Morgan fingerprint density at radius 2 is 2.00 bits per heavy atom. The Morgan fingerprint density at radius 3 is 2.72 bits per heavy atom. The highest BCUT2D eigenvalue weighted by Gasteiger charge is 2.16. The Bertz CT molecular complexity index is 395. The number of aliphatic hydroxyl groups excluding tert-OH is 1. The summed E-state index contributed by atoms with van der Waals surface area (Å²) in [5, 5.41) is 10.1. The van der Waals surface area contributed by atoms with Crippen LogP contribution in [0.4, 0.5) is 0 Å². The van der Waals surface area contributed by atoms with Gasteiger partial charge in [-0.2, -0.15) is 0 Å². The first kappa shape index (κ1) is 13.2. The number of aliphatic hydroxyl groups is 1. The molecule has 1 aromatic carbocycles. The summed E-state index contributed by atoms with van der Waals surface area (Å²) in [6, 6.07) is 5.61. The van der Waals surface area contributed by atoms with E-state index in [9.17, 15) is 5.11 Å². The van der Waals surface area contributed by atoms with Gasteiger partial charge in [0.05, 0.1) is 19.3 Å². The van der Waals surface area contributed by atoms with Crippen LogP contribution in [0.3, 0.4) is 0 Å². The zero-order valence-electron chi connectivity index (χ0n) is 10.8. The molecule has 1 aromatic rings. The van der Waals surface area contributed by atoms with Crippen LogP contribution in [0.25, 0.3) is 0 Å². The second-order valence-electron chi connectivity index (χ2n) is 4.68. The molecule has 2 rings (SSSR count). The van der Waals surface area contributed by atoms with Gasteiger partial charge in [0.15, 0.2) is 11.5 Å². The number of hydrogen-bond donors (Lipinski definition) is 2. The van der Waals surface area contributed by atoms with E-state index in [0.717, 1.165) is 24.2 Å². The van der Waals surface area contributed by atoms with Crippen molar-refractivity contribution in [2.24, 2.45) is 5.73 Å². The lowest BCUT2D eigenvalue weighted by atomic mass is 10.0. The van der Waals surface area contributed by atoms with Gasteiger partial charge in [-0.05, 0) is 30.5 Å². The lowest BCUT2D eigenvalue weighted by Gasteiger charge is -2.17. The number of ether oxygens (including phenoxy) is 2. The third kappa shape index (κ3) is 3.15. The van der Waals surface area contributed by atoms with Crippen LogP contribution < -0.4 is 15.2 Å². The zero-order chi connectivity index (χ0) is 13.0. The molecule has 4 heteroatoms. The van der Waals surface area contributed by atoms with E-state index >= 15 is 0 Å². The maximum absolute atomic E-state index is 10.1. The summed E-state index contributed by atoms with van der Waals surface area (Å²) in [7, 11) is 0. The molecule has 0 fully saturated rings. The minimum Gasteiger partial charge on any atom is -0.490 e. The summed E-state index contributed by atoms with van der Waals surface area (Å²) in [5.41, 5.74) is 6.69. The van der Waals surface area contributed by atoms with Crippen molar-refractivity contribution in [3.63, 3.8) is 0 Å². The minimum atomic E-state index is -0.544. The Hall–Kier alpha value is -1.26. The lowest BCUT2D eigenvalue weighted by Crippen LogP contribution is -2.21. The monoisotopic (exact) mass is 251 g/mol. The molecule has 2 unspecified atom stereocenters. The summed E-state index contributed by atoms with van der Waals surface area (Å²) in [5.74, 6) is 1.47. The van der Waals surface area contributed by atoms with Crippen molar-refractivity contribution in [2.45, 2.75) is 38.3 Å². The Morgan fingerprint density at radius 1 is 1.28 bits per heavy atom. The van der Waals surface area contributed by atoms with E-state index < -0.39 is 6.10 Å². The van der Waals surface area contributed by atoms with Gasteiger partial charge >= 0.3 is 0 Å². The molecular formula is C14H21NO3. The fourth-order valence-corrected chi connectivity index (χ4v) is 1.98. The smallest absolute Gasteiger partial charge is 0.161 e. The fraction of sp³-hybridized carbons (Fsp3) is 0.571. The second-order valence-corrected chi connectivity index (χ2v) is 4.68. The molecule has 0 aliphatic carbocycles. The minimum absolute atomic E-state index is 0.0241. The van der Waals surface area contributed by atoms with Crippen LogP contribution in [0.1, 0.15) is 37.9 Å². The van der Waals surface area contributed by atoms with Gasteiger partial charge in [-0.15, -0.1) is 0 Å². The molecule has 2 atom stereocenters. The molecule has 0 saturated carbocycles. The Balaban J connectivity index is 2.12. The van der Waals surface area contributed by atoms with Gasteiger partial charge < -0.3 is 20.3 Å². The van der Waals surface area contributed by atoms with E-state index in [2.05, 4.69) is 0 Å². The van der Waals surface area contributed by atoms with Crippen molar-refractivity contribution in [1.29, 1.82) is 0 Å². The van der Waals surface area contributed by atoms with Crippen LogP contribution in [0.2, 0.25) is 0 Å². The molecule has 100 valence electrons. The van der Waals surface area contributed by atoms with Crippen LogP contribution in [0, 0.1) is 0 Å². The first-order valence-corrected chi connectivity index (χ1v) is 6.54. The zero-order valence-corrected chi connectivity index (χ0v) is 10.8. The van der Waals surface area contributed by atoms with Crippen LogP contribution in [0.5, 0.6) is 11.5 Å². The van der Waals surface area contributed by atoms with Crippen molar-refractivity contribution >= 4 is 0 Å². The summed E-state index contributed by atoms with van der Waals surface area (Å²) in [6.45, 7) is 3.35. The molecule has 0 bridgehead atoms. The highest BCUT2D eigenvalue weighted by molar-refractivity contribution is 5.44. The quantitative estimate of drug-likeness (QED) is 0.859. The number of nitrogens with two attached hydrogens (primary N) is 1. The Kier molecular flexibility index (Phi) is 4.44. The number of rotatable bonds is 4. The average Bonchev–Trinajstić information content (AvgIpc) is 2.62. The molecule has 1 aliphatic rings. The highest BCUT2D eigenvalue weighted by Crippen LogP contribution is 2.33. The first-order chi connectivity index (χ1) is 8.70. The summed E-state index contributed by atoms with van der Waals surface area (Å²) in [4.78, 5) is 0. The molecule has 0 saturated heterocycles. The molecule has 0 amide bonds. The van der Waals surface area contributed by atoms with Crippen molar-refractivity contribution in [3.8, 4) is 11.5 Å². The normalized spacial score (nSPS) is 17.9. The molecule has 0 aromatic heterocycles. The molecule has 4 nitrogen and oxygen atoms in total. The van der Waals surface area contributed by atoms with Crippen molar-refractivity contribution in [3.05, 3.63) is 23.8 Å². The standard InChI is InChI=1S/C14H21NO3/c1-2-11(15)9-12(16)10-4-5-13-14(8-10)18-7-3-6-17-13/h4-5,8,11-12,16H,2-3,6-7,9,15H2,1H3. The maximum atomic E-state index is 10.1. The van der Waals surface area contributed by atoms with Gasteiger partial charge in [0.2, 0.25) is 0 Å². The largest absolute Gasteiger partial charge is 0.490 e. The van der Waals surface area contributed by atoms with Crippen LogP contribution >= 0.6 is 0 Å². The van der Waals surface area contributed by atoms with Crippen molar-refractivity contribution in [1.82, 2.24) is 0 Å². The third-order valence-corrected chi connectivity index (χ3v) is 3.21. The summed E-state index contributed by atoms with van der Waals surface area (Å²) in [6.07, 6.45) is 1.77. The third-order valence-electron chi connectivity index (χ3n) is 3.21. The van der Waals surface area contributed by atoms with E-state index in [1.807, 2.05) is 25.1 Å². The van der Waals surface area contributed by atoms with Gasteiger partial charge in [0, 0.05) is 12.5 Å². The molecule has 18 heavy (non-hydrogen) atoms. The predicted molar refractivity (Wildman–Crippen MR) is 69.9 cm³/mol. The average molecular weight is 251 g/mol. The van der Waals surface area contributed by atoms with Crippen LogP contribution in [-0.4, -0.2) is 24.4 Å². The second kappa shape index (κ2) is 6.07. The maximum Gasteiger partial charge on any atom is 0.161 e. The molecule has 0 spiro atoms. The van der Waals surface area contributed by atoms with E-state index in [1.54, 1.807) is 0 Å². The molecule has 1 heterocycles. The van der Waals surface area contributed by atoms with E-state index in [-0.39, 0.29) is 6.04 Å². The van der Waals surface area contributed by atoms with Gasteiger partial charge in [0.25, 0.3) is 0 Å². The van der Waals surface area contributed by atoms with E-state index in [0.29, 0.717) is 25.4 Å². The van der Waals surface area contributed by atoms with Gasteiger partial charge in [-0.25, -0.2) is 0 Å². The predicted octanol–water partition coefficient (Wildman–Crippen LogP) is 2.01. The molecular weight excluding hydrogens is 230 g/mol. The van der Waals surface area contributed by atoms with E-state index in [1.165, 1.54) is 0 Å². The van der Waals surface area contributed by atoms with E-state index in [4.69, 9.17) is 15.2 Å².